The normalized spacial score (nSPS) is 11.0. The van der Waals surface area contributed by atoms with E-state index in [0.717, 1.165) is 6.42 Å². The second kappa shape index (κ2) is 10.1. The summed E-state index contributed by atoms with van der Waals surface area (Å²) in [6.07, 6.45) is 1.14. The highest BCUT2D eigenvalue weighted by Gasteiger charge is 2.12. The Bertz CT molecular complexity index is 902. The number of carbonyl (C=O) groups is 2. The quantitative estimate of drug-likeness (QED) is 0.358. The summed E-state index contributed by atoms with van der Waals surface area (Å²) in [5.41, 5.74) is 4.06. The van der Waals surface area contributed by atoms with Crippen LogP contribution in [0.25, 0.3) is 0 Å². The summed E-state index contributed by atoms with van der Waals surface area (Å²) in [6, 6.07) is 9.43. The summed E-state index contributed by atoms with van der Waals surface area (Å²) < 4.78 is 10.3. The Morgan fingerprint density at radius 1 is 1.07 bits per heavy atom. The minimum Gasteiger partial charge on any atom is -0.507 e. The van der Waals surface area contributed by atoms with Gasteiger partial charge >= 0.3 is 0 Å². The van der Waals surface area contributed by atoms with Crippen LogP contribution < -0.4 is 20.2 Å². The lowest BCUT2D eigenvalue weighted by molar-refractivity contribution is -0.116. The van der Waals surface area contributed by atoms with Crippen molar-refractivity contribution in [3.8, 4) is 17.2 Å². The molecular weight excluding hydrogens is 374 g/mol. The second-order valence-corrected chi connectivity index (χ2v) is 6.27. The van der Waals surface area contributed by atoms with Crippen LogP contribution in [0.3, 0.4) is 0 Å². The van der Waals surface area contributed by atoms with Gasteiger partial charge in [0.1, 0.15) is 17.2 Å². The first-order valence-electron chi connectivity index (χ1n) is 9.08. The third-order valence-electron chi connectivity index (χ3n) is 4.09. The van der Waals surface area contributed by atoms with Gasteiger partial charge in [0.25, 0.3) is 5.91 Å². The minimum absolute atomic E-state index is 0.0166. The number of methoxy groups -OCH3 is 2. The molecule has 0 aliphatic heterocycles. The second-order valence-electron chi connectivity index (χ2n) is 6.27. The van der Waals surface area contributed by atoms with Crippen LogP contribution in [0.2, 0.25) is 0 Å². The van der Waals surface area contributed by atoms with Crippen LogP contribution in [0.15, 0.2) is 41.5 Å². The predicted molar refractivity (Wildman–Crippen MR) is 111 cm³/mol. The number of benzene rings is 2. The van der Waals surface area contributed by atoms with E-state index in [-0.39, 0.29) is 11.7 Å². The van der Waals surface area contributed by atoms with E-state index in [1.54, 1.807) is 37.3 Å². The van der Waals surface area contributed by atoms with Crippen LogP contribution in [-0.4, -0.2) is 36.9 Å². The number of rotatable bonds is 8. The van der Waals surface area contributed by atoms with E-state index in [1.165, 1.54) is 20.3 Å². The SMILES string of the molecule is CCCC(=O)Nc1ccc(O)c(/C(C)=N/NC(=O)c2cc(OC)cc(OC)c2)c1. The zero-order valence-corrected chi connectivity index (χ0v) is 16.9. The number of carbonyl (C=O) groups excluding carboxylic acids is 2. The topological polar surface area (TPSA) is 109 Å². The highest BCUT2D eigenvalue weighted by molar-refractivity contribution is 6.04. The van der Waals surface area contributed by atoms with Gasteiger partial charge < -0.3 is 19.9 Å². The van der Waals surface area contributed by atoms with Gasteiger partial charge in [-0.2, -0.15) is 5.10 Å². The molecule has 0 aliphatic carbocycles. The number of hydrazone groups is 1. The summed E-state index contributed by atoms with van der Waals surface area (Å²) in [5.74, 6) is 0.358. The van der Waals surface area contributed by atoms with Gasteiger partial charge in [0.2, 0.25) is 5.91 Å². The molecular formula is C21H25N3O5. The van der Waals surface area contributed by atoms with Gasteiger partial charge in [0.05, 0.1) is 19.9 Å². The first kappa shape index (κ1) is 21.7. The van der Waals surface area contributed by atoms with Crippen molar-refractivity contribution in [1.29, 1.82) is 0 Å². The molecule has 0 saturated carbocycles. The first-order chi connectivity index (χ1) is 13.9. The van der Waals surface area contributed by atoms with Crippen LogP contribution in [-0.2, 0) is 4.79 Å². The lowest BCUT2D eigenvalue weighted by Crippen LogP contribution is -2.19. The molecule has 0 bridgehead atoms. The van der Waals surface area contributed by atoms with Gasteiger partial charge in [0.15, 0.2) is 0 Å². The van der Waals surface area contributed by atoms with Crippen molar-refractivity contribution in [2.45, 2.75) is 26.7 Å². The molecule has 2 rings (SSSR count). The number of amides is 2. The van der Waals surface area contributed by atoms with Crippen LogP contribution in [0.5, 0.6) is 17.2 Å². The molecule has 0 aliphatic rings. The molecule has 29 heavy (non-hydrogen) atoms. The highest BCUT2D eigenvalue weighted by Crippen LogP contribution is 2.24. The lowest BCUT2D eigenvalue weighted by Gasteiger charge is -2.10. The van der Waals surface area contributed by atoms with E-state index in [2.05, 4.69) is 15.8 Å². The van der Waals surface area contributed by atoms with Crippen LogP contribution >= 0.6 is 0 Å². The van der Waals surface area contributed by atoms with Crippen LogP contribution in [0.1, 0.15) is 42.6 Å². The van der Waals surface area contributed by atoms with E-state index in [1.807, 2.05) is 6.92 Å². The fraction of sp³-hybridized carbons (Fsp3) is 0.286. The molecule has 0 radical (unpaired) electrons. The van der Waals surface area contributed by atoms with Crippen LogP contribution in [0.4, 0.5) is 5.69 Å². The number of anilines is 1. The van der Waals surface area contributed by atoms with Crippen molar-refractivity contribution in [3.63, 3.8) is 0 Å². The summed E-state index contributed by atoms with van der Waals surface area (Å²) in [7, 11) is 2.99. The minimum atomic E-state index is -0.464. The first-order valence-corrected chi connectivity index (χ1v) is 9.08. The Balaban J connectivity index is 2.19. The Morgan fingerprint density at radius 2 is 1.72 bits per heavy atom. The Labute approximate surface area is 169 Å². The van der Waals surface area contributed by atoms with Crippen molar-refractivity contribution >= 4 is 23.2 Å². The Kier molecular flexibility index (Phi) is 7.59. The average molecular weight is 399 g/mol. The third kappa shape index (κ3) is 5.97. The van der Waals surface area contributed by atoms with Crippen molar-refractivity contribution in [1.82, 2.24) is 5.43 Å². The van der Waals surface area contributed by atoms with Gasteiger partial charge in [-0.25, -0.2) is 5.43 Å². The van der Waals surface area contributed by atoms with E-state index in [0.29, 0.717) is 40.4 Å². The van der Waals surface area contributed by atoms with Gasteiger partial charge in [-0.15, -0.1) is 0 Å². The number of hydrogen-bond donors (Lipinski definition) is 3. The molecule has 0 saturated heterocycles. The summed E-state index contributed by atoms with van der Waals surface area (Å²) in [6.45, 7) is 3.55. The number of aromatic hydroxyl groups is 1. The van der Waals surface area contributed by atoms with Crippen LogP contribution in [0, 0.1) is 0 Å². The maximum atomic E-state index is 12.4. The number of phenolic OH excluding ortho intramolecular Hbond substituents is 1. The van der Waals surface area contributed by atoms with Crippen molar-refractivity contribution in [2.75, 3.05) is 19.5 Å². The standard InChI is InChI=1S/C21H25N3O5/c1-5-6-20(26)22-15-7-8-19(25)18(11-15)13(2)23-24-21(27)14-9-16(28-3)12-17(10-14)29-4/h7-12,25H,5-6H2,1-4H3,(H,22,26)(H,24,27)/b23-13+. The monoisotopic (exact) mass is 399 g/mol. The van der Waals surface area contributed by atoms with Crippen molar-refractivity contribution < 1.29 is 24.2 Å². The third-order valence-corrected chi connectivity index (χ3v) is 4.09. The fourth-order valence-corrected chi connectivity index (χ4v) is 2.55. The fourth-order valence-electron chi connectivity index (χ4n) is 2.55. The van der Waals surface area contributed by atoms with Gasteiger partial charge in [-0.3, -0.25) is 9.59 Å². The van der Waals surface area contributed by atoms with E-state index in [9.17, 15) is 14.7 Å². The van der Waals surface area contributed by atoms with Gasteiger partial charge in [-0.1, -0.05) is 6.92 Å². The molecule has 0 heterocycles. The molecule has 2 aromatic carbocycles. The molecule has 8 heteroatoms. The number of phenols is 1. The molecule has 0 atom stereocenters. The smallest absolute Gasteiger partial charge is 0.271 e. The maximum Gasteiger partial charge on any atom is 0.271 e. The Morgan fingerprint density at radius 3 is 2.31 bits per heavy atom. The lowest BCUT2D eigenvalue weighted by atomic mass is 10.1. The van der Waals surface area contributed by atoms with Gasteiger partial charge in [0, 0.05) is 29.3 Å². The summed E-state index contributed by atoms with van der Waals surface area (Å²) >= 11 is 0. The average Bonchev–Trinajstić information content (AvgIpc) is 2.72. The van der Waals surface area contributed by atoms with Gasteiger partial charge in [-0.05, 0) is 43.7 Å². The zero-order chi connectivity index (χ0) is 21.4. The molecule has 3 N–H and O–H groups in total. The molecule has 2 amide bonds. The number of ether oxygens (including phenoxy) is 2. The number of nitrogens with zero attached hydrogens (tertiary/aromatic N) is 1. The Hall–Kier alpha value is -3.55. The van der Waals surface area contributed by atoms with Crippen molar-refractivity contribution in [3.05, 3.63) is 47.5 Å². The molecule has 0 spiro atoms. The molecule has 8 nitrogen and oxygen atoms in total. The molecule has 0 fully saturated rings. The van der Waals surface area contributed by atoms with E-state index < -0.39 is 5.91 Å². The zero-order valence-electron chi connectivity index (χ0n) is 16.9. The largest absolute Gasteiger partial charge is 0.507 e. The molecule has 0 unspecified atom stereocenters. The number of nitrogens with one attached hydrogen (secondary N) is 2. The predicted octanol–water partition coefficient (Wildman–Crippen LogP) is 3.30. The summed E-state index contributed by atoms with van der Waals surface area (Å²) in [4.78, 5) is 24.2. The maximum absolute atomic E-state index is 12.4. The molecule has 2 aromatic rings. The highest BCUT2D eigenvalue weighted by atomic mass is 16.5. The number of hydrogen-bond acceptors (Lipinski definition) is 6. The van der Waals surface area contributed by atoms with Crippen molar-refractivity contribution in [2.24, 2.45) is 5.10 Å². The van der Waals surface area contributed by atoms with E-state index in [4.69, 9.17) is 9.47 Å². The molecule has 154 valence electrons. The summed E-state index contributed by atoms with van der Waals surface area (Å²) in [5, 5.41) is 16.9. The van der Waals surface area contributed by atoms with E-state index >= 15 is 0 Å². The molecule has 0 aromatic heterocycles.